The van der Waals surface area contributed by atoms with E-state index >= 15 is 0 Å². The number of ether oxygens (including phenoxy) is 2. The molecule has 0 saturated carbocycles. The van der Waals surface area contributed by atoms with Gasteiger partial charge in [0.15, 0.2) is 0 Å². The Morgan fingerprint density at radius 2 is 1.05 bits per heavy atom. The topological polar surface area (TPSA) is 18.5 Å². The second kappa shape index (κ2) is 12.5. The van der Waals surface area contributed by atoms with Crippen LogP contribution in [0.1, 0.15) is 80.9 Å². The second-order valence-corrected chi connectivity index (χ2v) is 11.8. The van der Waals surface area contributed by atoms with Crippen molar-refractivity contribution in [1.82, 2.24) is 0 Å². The molecule has 38 heavy (non-hydrogen) atoms. The fourth-order valence-corrected chi connectivity index (χ4v) is 6.46. The fraction of sp³-hybridized carbons (Fsp3) is 0.294. The molecule has 1 aliphatic carbocycles. The van der Waals surface area contributed by atoms with Gasteiger partial charge in [-0.1, -0.05) is 131 Å². The molecule has 4 aromatic carbocycles. The van der Waals surface area contributed by atoms with Crippen molar-refractivity contribution in [2.45, 2.75) is 49.2 Å². The third-order valence-corrected chi connectivity index (χ3v) is 9.02. The predicted octanol–water partition coefficient (Wildman–Crippen LogP) is 9.73. The molecule has 0 radical (unpaired) electrons. The third-order valence-electron chi connectivity index (χ3n) is 6.98. The lowest BCUT2D eigenvalue weighted by Gasteiger charge is -2.23. The molecule has 0 amide bonds. The van der Waals surface area contributed by atoms with Gasteiger partial charge in [0, 0.05) is 24.0 Å². The summed E-state index contributed by atoms with van der Waals surface area (Å²) in [5.41, 5.74) is 9.73. The van der Waals surface area contributed by atoms with Gasteiger partial charge < -0.3 is 9.47 Å². The van der Waals surface area contributed by atoms with E-state index in [4.69, 9.17) is 9.47 Å². The Balaban J connectivity index is 1.70. The molecule has 0 fully saturated rings. The SMILES string of the molecule is CCCOc1c2cccc1C(Br)c1cccc(c1)C(Br)c1cccc(c1OCCC)Cc1cccc(c1)C2. The van der Waals surface area contributed by atoms with Crippen LogP contribution < -0.4 is 9.47 Å². The number of fused-ring (bicyclic) bond motifs is 8. The highest BCUT2D eigenvalue weighted by molar-refractivity contribution is 9.09. The Hall–Kier alpha value is -2.56. The molecule has 0 aliphatic heterocycles. The van der Waals surface area contributed by atoms with Crippen LogP contribution in [0.3, 0.4) is 0 Å². The van der Waals surface area contributed by atoms with Gasteiger partial charge in [0.2, 0.25) is 0 Å². The van der Waals surface area contributed by atoms with E-state index in [-0.39, 0.29) is 9.65 Å². The monoisotopic (exact) mass is 632 g/mol. The largest absolute Gasteiger partial charge is 0.493 e. The van der Waals surface area contributed by atoms with Crippen molar-refractivity contribution in [1.29, 1.82) is 0 Å². The first kappa shape index (κ1) is 27.0. The second-order valence-electron chi connectivity index (χ2n) is 9.94. The first-order chi connectivity index (χ1) is 18.6. The van der Waals surface area contributed by atoms with Crippen molar-refractivity contribution < 1.29 is 9.47 Å². The molecular weight excluding hydrogens is 600 g/mol. The lowest BCUT2D eigenvalue weighted by atomic mass is 9.92. The van der Waals surface area contributed by atoms with Crippen molar-refractivity contribution in [3.63, 3.8) is 0 Å². The maximum Gasteiger partial charge on any atom is 0.127 e. The molecule has 1 aliphatic rings. The number of hydrogen-bond donors (Lipinski definition) is 0. The van der Waals surface area contributed by atoms with Crippen molar-refractivity contribution in [3.05, 3.63) is 129 Å². The molecule has 0 N–H and O–H groups in total. The Morgan fingerprint density at radius 1 is 0.605 bits per heavy atom. The minimum atomic E-state index is 0.00958. The van der Waals surface area contributed by atoms with E-state index in [1.165, 1.54) is 33.4 Å². The summed E-state index contributed by atoms with van der Waals surface area (Å²) in [5, 5.41) is 0. The maximum absolute atomic E-state index is 6.43. The number of rotatable bonds is 6. The predicted molar refractivity (Wildman–Crippen MR) is 164 cm³/mol. The van der Waals surface area contributed by atoms with Crippen LogP contribution >= 0.6 is 31.9 Å². The van der Waals surface area contributed by atoms with E-state index in [9.17, 15) is 0 Å². The third kappa shape index (κ3) is 5.87. The van der Waals surface area contributed by atoms with E-state index < -0.39 is 0 Å². The van der Waals surface area contributed by atoms with Gasteiger partial charge in [-0.05, 0) is 46.2 Å². The van der Waals surface area contributed by atoms with E-state index in [2.05, 4.69) is 131 Å². The molecule has 196 valence electrons. The van der Waals surface area contributed by atoms with Crippen molar-refractivity contribution in [2.24, 2.45) is 0 Å². The smallest absolute Gasteiger partial charge is 0.127 e. The van der Waals surface area contributed by atoms with Gasteiger partial charge >= 0.3 is 0 Å². The molecule has 4 aromatic rings. The molecule has 0 aromatic heterocycles. The number of para-hydroxylation sites is 2. The molecule has 0 saturated heterocycles. The van der Waals surface area contributed by atoms with E-state index in [1.54, 1.807) is 0 Å². The molecule has 0 spiro atoms. The van der Waals surface area contributed by atoms with E-state index in [0.29, 0.717) is 13.2 Å². The molecule has 2 nitrogen and oxygen atoms in total. The maximum atomic E-state index is 6.43. The van der Waals surface area contributed by atoms with E-state index in [0.717, 1.165) is 48.3 Å². The summed E-state index contributed by atoms with van der Waals surface area (Å²) in [5.74, 6) is 1.99. The summed E-state index contributed by atoms with van der Waals surface area (Å²) in [7, 11) is 0. The zero-order valence-electron chi connectivity index (χ0n) is 22.1. The highest BCUT2D eigenvalue weighted by atomic mass is 79.9. The minimum Gasteiger partial charge on any atom is -0.493 e. The minimum absolute atomic E-state index is 0.00958. The summed E-state index contributed by atoms with van der Waals surface area (Å²) in [6.07, 6.45) is 3.58. The van der Waals surface area contributed by atoms with Gasteiger partial charge in [-0.2, -0.15) is 0 Å². The van der Waals surface area contributed by atoms with Crippen LogP contribution in [-0.4, -0.2) is 13.2 Å². The zero-order valence-corrected chi connectivity index (χ0v) is 25.2. The van der Waals surface area contributed by atoms with Gasteiger partial charge in [-0.3, -0.25) is 0 Å². The van der Waals surface area contributed by atoms with Crippen LogP contribution in [0.5, 0.6) is 11.5 Å². The molecular formula is C34H34Br2O2. The lowest BCUT2D eigenvalue weighted by Crippen LogP contribution is -2.07. The average molecular weight is 634 g/mol. The fourth-order valence-electron chi connectivity index (χ4n) is 5.17. The summed E-state index contributed by atoms with van der Waals surface area (Å²) in [6, 6.07) is 30.9. The normalized spacial score (nSPS) is 16.6. The molecule has 2 atom stereocenters. The van der Waals surface area contributed by atoms with Crippen LogP contribution in [0.4, 0.5) is 0 Å². The van der Waals surface area contributed by atoms with Gasteiger partial charge in [-0.25, -0.2) is 0 Å². The molecule has 0 heterocycles. The highest BCUT2D eigenvalue weighted by Gasteiger charge is 2.23. The van der Waals surface area contributed by atoms with Crippen LogP contribution in [-0.2, 0) is 12.8 Å². The zero-order chi connectivity index (χ0) is 26.5. The summed E-state index contributed by atoms with van der Waals surface area (Å²) < 4.78 is 12.9. The van der Waals surface area contributed by atoms with Gasteiger partial charge in [-0.15, -0.1) is 0 Å². The Morgan fingerprint density at radius 3 is 1.53 bits per heavy atom. The van der Waals surface area contributed by atoms with Gasteiger partial charge in [0.05, 0.1) is 22.9 Å². The number of alkyl halides is 2. The van der Waals surface area contributed by atoms with Crippen molar-refractivity contribution >= 4 is 31.9 Å². The first-order valence-corrected chi connectivity index (χ1v) is 15.4. The lowest BCUT2D eigenvalue weighted by molar-refractivity contribution is 0.311. The van der Waals surface area contributed by atoms with Crippen LogP contribution in [0.15, 0.2) is 84.9 Å². The first-order valence-electron chi connectivity index (χ1n) is 13.5. The number of halogens is 2. The molecule has 8 bridgehead atoms. The molecule has 5 rings (SSSR count). The summed E-state index contributed by atoms with van der Waals surface area (Å²) in [4.78, 5) is 0.0192. The Bertz CT molecular complexity index is 1300. The molecule has 4 heteroatoms. The van der Waals surface area contributed by atoms with E-state index in [1.807, 2.05) is 0 Å². The van der Waals surface area contributed by atoms with Crippen molar-refractivity contribution in [3.8, 4) is 11.5 Å². The van der Waals surface area contributed by atoms with Gasteiger partial charge in [0.1, 0.15) is 11.5 Å². The van der Waals surface area contributed by atoms with Crippen LogP contribution in [0.2, 0.25) is 0 Å². The summed E-state index contributed by atoms with van der Waals surface area (Å²) >= 11 is 8.09. The van der Waals surface area contributed by atoms with Crippen LogP contribution in [0, 0.1) is 0 Å². The van der Waals surface area contributed by atoms with Crippen LogP contribution in [0.25, 0.3) is 0 Å². The number of hydrogen-bond acceptors (Lipinski definition) is 2. The molecule has 2 unspecified atom stereocenters. The Kier molecular flexibility index (Phi) is 8.91. The van der Waals surface area contributed by atoms with Gasteiger partial charge in [0.25, 0.3) is 0 Å². The standard InChI is InChI=1S/C34H34Br2O2/c1-3-17-37-33-27-13-7-15-29(33)31(35)25-11-6-12-26(22-25)32(36)30-16-8-14-28(34(30)38-18-4-2)21-24-10-5-9-23(19-24)20-27/h5-16,19,22,31-32H,3-4,17-18,20-21H2,1-2H3. The number of benzene rings is 4. The average Bonchev–Trinajstić information content (AvgIpc) is 2.94. The Labute approximate surface area is 243 Å². The quantitative estimate of drug-likeness (QED) is 0.197. The highest BCUT2D eigenvalue weighted by Crippen LogP contribution is 2.43. The summed E-state index contributed by atoms with van der Waals surface area (Å²) in [6.45, 7) is 5.70. The van der Waals surface area contributed by atoms with Crippen molar-refractivity contribution in [2.75, 3.05) is 13.2 Å².